The first-order chi connectivity index (χ1) is 13.7. The number of hydrogen-bond acceptors (Lipinski definition) is 5. The van der Waals surface area contributed by atoms with Crippen LogP contribution in [0.4, 0.5) is 4.79 Å². The number of aliphatic imine (C=N–C) groups is 1. The maximum atomic E-state index is 12.1. The predicted molar refractivity (Wildman–Crippen MR) is 111 cm³/mol. The molecule has 1 fully saturated rings. The van der Waals surface area contributed by atoms with Gasteiger partial charge in [-0.15, -0.1) is 0 Å². The fraction of sp³-hybridized carbons (Fsp3) is 0.550. The fourth-order valence-electron chi connectivity index (χ4n) is 2.63. The van der Waals surface area contributed by atoms with Crippen molar-refractivity contribution < 1.29 is 19.1 Å². The molecular weight excluding hydrogens is 374 g/mol. The van der Waals surface area contributed by atoms with Crippen molar-refractivity contribution in [1.29, 1.82) is 0 Å². The van der Waals surface area contributed by atoms with E-state index >= 15 is 0 Å². The molecule has 3 N–H and O–H groups in total. The average Bonchev–Trinajstić information content (AvgIpc) is 2.64. The molecule has 0 aliphatic carbocycles. The molecule has 9 nitrogen and oxygen atoms in total. The Bertz CT molecular complexity index is 721. The molecule has 0 aromatic heterocycles. The number of methoxy groups -OCH3 is 1. The number of amides is 2. The van der Waals surface area contributed by atoms with Crippen LogP contribution in [0.5, 0.6) is 5.75 Å². The van der Waals surface area contributed by atoms with Crippen LogP contribution in [0.3, 0.4) is 0 Å². The fourth-order valence-corrected chi connectivity index (χ4v) is 2.63. The van der Waals surface area contributed by atoms with E-state index in [4.69, 9.17) is 9.47 Å². The van der Waals surface area contributed by atoms with E-state index in [0.717, 1.165) is 0 Å². The first kappa shape index (κ1) is 22.3. The zero-order chi connectivity index (χ0) is 21.4. The minimum atomic E-state index is -0.497. The third-order valence-corrected chi connectivity index (χ3v) is 4.15. The van der Waals surface area contributed by atoms with E-state index in [2.05, 4.69) is 20.9 Å². The van der Waals surface area contributed by atoms with Gasteiger partial charge in [0.05, 0.1) is 13.2 Å². The SMILES string of the molecule is CN=C(NCCNC(=O)c1ccc(OC)cc1)NC1CN(C(=O)OC(C)(C)C)C1. The Hall–Kier alpha value is -2.97. The second-order valence-electron chi connectivity index (χ2n) is 7.71. The van der Waals surface area contributed by atoms with Crippen LogP contribution < -0.4 is 20.7 Å². The van der Waals surface area contributed by atoms with E-state index in [-0.39, 0.29) is 18.0 Å². The lowest BCUT2D eigenvalue weighted by atomic mass is 10.1. The van der Waals surface area contributed by atoms with Gasteiger partial charge < -0.3 is 30.3 Å². The van der Waals surface area contributed by atoms with Crippen molar-refractivity contribution in [2.75, 3.05) is 40.3 Å². The van der Waals surface area contributed by atoms with E-state index in [9.17, 15) is 9.59 Å². The minimum Gasteiger partial charge on any atom is -0.497 e. The molecule has 0 saturated carbocycles. The van der Waals surface area contributed by atoms with Gasteiger partial charge in [-0.1, -0.05) is 0 Å². The second-order valence-corrected chi connectivity index (χ2v) is 7.71. The van der Waals surface area contributed by atoms with Gasteiger partial charge in [-0.3, -0.25) is 9.79 Å². The van der Waals surface area contributed by atoms with Crippen molar-refractivity contribution in [3.05, 3.63) is 29.8 Å². The van der Waals surface area contributed by atoms with Crippen molar-refractivity contribution in [2.24, 2.45) is 4.99 Å². The van der Waals surface area contributed by atoms with Gasteiger partial charge in [0.25, 0.3) is 5.91 Å². The van der Waals surface area contributed by atoms with Gasteiger partial charge in [0, 0.05) is 38.8 Å². The van der Waals surface area contributed by atoms with Gasteiger partial charge in [-0.25, -0.2) is 4.79 Å². The van der Waals surface area contributed by atoms with Crippen molar-refractivity contribution in [1.82, 2.24) is 20.9 Å². The number of ether oxygens (including phenoxy) is 2. The highest BCUT2D eigenvalue weighted by Gasteiger charge is 2.34. The van der Waals surface area contributed by atoms with Crippen LogP contribution >= 0.6 is 0 Å². The van der Waals surface area contributed by atoms with Gasteiger partial charge >= 0.3 is 6.09 Å². The zero-order valence-electron chi connectivity index (χ0n) is 17.7. The number of nitrogens with one attached hydrogen (secondary N) is 3. The molecule has 2 amide bonds. The summed E-state index contributed by atoms with van der Waals surface area (Å²) in [7, 11) is 3.26. The van der Waals surface area contributed by atoms with Gasteiger partial charge in [0.2, 0.25) is 0 Å². The molecule has 0 radical (unpaired) electrons. The molecule has 1 aromatic rings. The van der Waals surface area contributed by atoms with Crippen LogP contribution in [-0.2, 0) is 4.74 Å². The van der Waals surface area contributed by atoms with Crippen LogP contribution in [0.15, 0.2) is 29.3 Å². The number of likely N-dealkylation sites (tertiary alicyclic amines) is 1. The van der Waals surface area contributed by atoms with E-state index in [1.807, 2.05) is 20.8 Å². The second kappa shape index (κ2) is 9.99. The van der Waals surface area contributed by atoms with Crippen molar-refractivity contribution in [3.63, 3.8) is 0 Å². The highest BCUT2D eigenvalue weighted by atomic mass is 16.6. The molecule has 0 bridgehead atoms. The first-order valence-corrected chi connectivity index (χ1v) is 9.59. The largest absolute Gasteiger partial charge is 0.497 e. The maximum Gasteiger partial charge on any atom is 0.410 e. The van der Waals surface area contributed by atoms with Crippen LogP contribution in [-0.4, -0.2) is 74.8 Å². The molecule has 1 heterocycles. The molecule has 1 aliphatic heterocycles. The lowest BCUT2D eigenvalue weighted by Gasteiger charge is -2.40. The molecule has 0 unspecified atom stereocenters. The standard InChI is InChI=1S/C20H31N5O4/c1-20(2,3)29-19(27)25-12-15(13-25)24-18(21-4)23-11-10-22-17(26)14-6-8-16(28-5)9-7-14/h6-9,15H,10-13H2,1-5H3,(H,22,26)(H2,21,23,24). The van der Waals surface area contributed by atoms with Gasteiger partial charge in [0.15, 0.2) is 5.96 Å². The molecule has 9 heteroatoms. The van der Waals surface area contributed by atoms with E-state index in [1.165, 1.54) is 0 Å². The van der Waals surface area contributed by atoms with E-state index < -0.39 is 5.60 Å². The Kier molecular flexibility index (Phi) is 7.69. The maximum absolute atomic E-state index is 12.1. The summed E-state index contributed by atoms with van der Waals surface area (Å²) in [6.07, 6.45) is -0.306. The molecule has 0 spiro atoms. The number of guanidine groups is 1. The van der Waals surface area contributed by atoms with E-state index in [0.29, 0.717) is 43.5 Å². The third kappa shape index (κ3) is 7.17. The van der Waals surface area contributed by atoms with Crippen molar-refractivity contribution in [2.45, 2.75) is 32.4 Å². The molecule has 160 valence electrons. The summed E-state index contributed by atoms with van der Waals surface area (Å²) >= 11 is 0. The lowest BCUT2D eigenvalue weighted by Crippen LogP contribution is -2.63. The molecular formula is C20H31N5O4. The monoisotopic (exact) mass is 405 g/mol. The topological polar surface area (TPSA) is 104 Å². The number of carbonyl (C=O) groups excluding carboxylic acids is 2. The van der Waals surface area contributed by atoms with Crippen molar-refractivity contribution >= 4 is 18.0 Å². The highest BCUT2D eigenvalue weighted by molar-refractivity contribution is 5.94. The number of hydrogen-bond donors (Lipinski definition) is 3. The average molecular weight is 405 g/mol. The number of carbonyl (C=O) groups is 2. The summed E-state index contributed by atoms with van der Waals surface area (Å²) in [5, 5.41) is 9.24. The summed E-state index contributed by atoms with van der Waals surface area (Å²) < 4.78 is 10.4. The van der Waals surface area contributed by atoms with Crippen LogP contribution in [0.1, 0.15) is 31.1 Å². The first-order valence-electron chi connectivity index (χ1n) is 9.59. The Balaban J connectivity index is 1.64. The molecule has 0 atom stereocenters. The summed E-state index contributed by atoms with van der Waals surface area (Å²) in [6.45, 7) is 7.62. The number of benzene rings is 1. The smallest absolute Gasteiger partial charge is 0.410 e. The summed E-state index contributed by atoms with van der Waals surface area (Å²) in [5.41, 5.74) is 0.0775. The summed E-state index contributed by atoms with van der Waals surface area (Å²) in [5.74, 6) is 1.18. The van der Waals surface area contributed by atoms with Crippen LogP contribution in [0.25, 0.3) is 0 Å². The van der Waals surface area contributed by atoms with Gasteiger partial charge in [-0.05, 0) is 45.0 Å². The van der Waals surface area contributed by atoms with Crippen LogP contribution in [0, 0.1) is 0 Å². The summed E-state index contributed by atoms with van der Waals surface area (Å²) in [6, 6.07) is 7.04. The Morgan fingerprint density at radius 2 is 1.76 bits per heavy atom. The minimum absolute atomic E-state index is 0.114. The summed E-state index contributed by atoms with van der Waals surface area (Å²) in [4.78, 5) is 29.9. The third-order valence-electron chi connectivity index (χ3n) is 4.15. The van der Waals surface area contributed by atoms with Crippen LogP contribution in [0.2, 0.25) is 0 Å². The Labute approximate surface area is 171 Å². The van der Waals surface area contributed by atoms with Gasteiger partial charge in [0.1, 0.15) is 11.4 Å². The van der Waals surface area contributed by atoms with Crippen molar-refractivity contribution in [3.8, 4) is 5.75 Å². The molecule has 2 rings (SSSR count). The Morgan fingerprint density at radius 1 is 1.14 bits per heavy atom. The number of nitrogens with zero attached hydrogens (tertiary/aromatic N) is 2. The molecule has 29 heavy (non-hydrogen) atoms. The zero-order valence-corrected chi connectivity index (χ0v) is 17.7. The van der Waals surface area contributed by atoms with Gasteiger partial charge in [-0.2, -0.15) is 0 Å². The lowest BCUT2D eigenvalue weighted by molar-refractivity contribution is 0.00701. The predicted octanol–water partition coefficient (Wildman–Crippen LogP) is 1.21. The highest BCUT2D eigenvalue weighted by Crippen LogP contribution is 2.15. The number of rotatable bonds is 6. The Morgan fingerprint density at radius 3 is 2.31 bits per heavy atom. The van der Waals surface area contributed by atoms with E-state index in [1.54, 1.807) is 43.3 Å². The molecule has 1 aliphatic rings. The normalized spacial score (nSPS) is 14.7. The molecule has 1 aromatic carbocycles. The quantitative estimate of drug-likeness (QED) is 0.373. The molecule has 1 saturated heterocycles.